The molecule has 2 amide bonds. The first-order valence-electron chi connectivity index (χ1n) is 7.19. The highest BCUT2D eigenvalue weighted by Gasteiger charge is 2.19. The topological polar surface area (TPSA) is 59.2 Å². The maximum atomic E-state index is 12.1. The number of carbonyl (C=O) groups is 1. The number of hydrogen-bond donors (Lipinski definition) is 1. The zero-order valence-electron chi connectivity index (χ0n) is 12.9. The second-order valence-electron chi connectivity index (χ2n) is 5.41. The summed E-state index contributed by atoms with van der Waals surface area (Å²) in [4.78, 5) is 18.1. The van der Waals surface area contributed by atoms with Gasteiger partial charge in [-0.25, -0.2) is 4.79 Å². The molecule has 116 valence electrons. The maximum Gasteiger partial charge on any atom is 0.323 e. The van der Waals surface area contributed by atoms with Crippen molar-refractivity contribution in [2.24, 2.45) is 5.73 Å². The highest BCUT2D eigenvalue weighted by atomic mass is 35.5. The third kappa shape index (κ3) is 2.85. The molecule has 0 unspecified atom stereocenters. The summed E-state index contributed by atoms with van der Waals surface area (Å²) in [5, 5.41) is 1.44. The number of nitrogens with zero attached hydrogens (tertiary/aromatic N) is 2. The van der Waals surface area contributed by atoms with E-state index < -0.39 is 6.03 Å². The molecule has 4 nitrogen and oxygen atoms in total. The zero-order valence-corrected chi connectivity index (χ0v) is 13.6. The molecule has 2 N–H and O–H groups in total. The molecule has 0 radical (unpaired) electrons. The van der Waals surface area contributed by atoms with Crippen LogP contribution in [0.5, 0.6) is 0 Å². The Kier molecular flexibility index (Phi) is 3.92. The summed E-state index contributed by atoms with van der Waals surface area (Å²) in [5.74, 6) is 0. The molecule has 0 spiro atoms. The Morgan fingerprint density at radius 2 is 1.87 bits per heavy atom. The van der Waals surface area contributed by atoms with Crippen LogP contribution in [0.3, 0.4) is 0 Å². The van der Waals surface area contributed by atoms with Gasteiger partial charge in [0.15, 0.2) is 0 Å². The Balaban J connectivity index is 2.27. The van der Waals surface area contributed by atoms with E-state index in [1.807, 2.05) is 56.3 Å². The van der Waals surface area contributed by atoms with Crippen molar-refractivity contribution in [2.45, 2.75) is 13.8 Å². The van der Waals surface area contributed by atoms with E-state index in [-0.39, 0.29) is 0 Å². The van der Waals surface area contributed by atoms with Crippen LogP contribution in [0.4, 0.5) is 16.2 Å². The Bertz CT molecular complexity index is 908. The first-order valence-corrected chi connectivity index (χ1v) is 7.57. The number of nitrogens with two attached hydrogens (primary N) is 1. The van der Waals surface area contributed by atoms with Crippen LogP contribution < -0.4 is 10.6 Å². The van der Waals surface area contributed by atoms with E-state index in [0.717, 1.165) is 22.2 Å². The number of aromatic nitrogens is 1. The van der Waals surface area contributed by atoms with Crippen molar-refractivity contribution in [3.8, 4) is 0 Å². The third-order valence-electron chi connectivity index (χ3n) is 3.70. The van der Waals surface area contributed by atoms with Gasteiger partial charge in [-0.1, -0.05) is 35.9 Å². The molecule has 5 heteroatoms. The molecule has 0 saturated carbocycles. The lowest BCUT2D eigenvalue weighted by atomic mass is 10.1. The highest BCUT2D eigenvalue weighted by molar-refractivity contribution is 6.31. The predicted molar refractivity (Wildman–Crippen MR) is 94.4 cm³/mol. The SMILES string of the molecule is Cc1cc(N(C(N)=O)c2ccc(C)c(Cl)c2)c2ccccc2n1. The van der Waals surface area contributed by atoms with Gasteiger partial charge < -0.3 is 5.73 Å². The Morgan fingerprint density at radius 3 is 2.57 bits per heavy atom. The van der Waals surface area contributed by atoms with Gasteiger partial charge in [0.1, 0.15) is 0 Å². The number of amides is 2. The molecule has 0 bridgehead atoms. The smallest absolute Gasteiger partial charge is 0.323 e. The molecule has 0 atom stereocenters. The summed E-state index contributed by atoms with van der Waals surface area (Å²) in [6.45, 7) is 3.80. The number of para-hydroxylation sites is 1. The van der Waals surface area contributed by atoms with E-state index in [1.54, 1.807) is 6.07 Å². The molecule has 23 heavy (non-hydrogen) atoms. The average molecular weight is 326 g/mol. The number of pyridine rings is 1. The molecule has 3 aromatic rings. The Labute approximate surface area is 139 Å². The fourth-order valence-electron chi connectivity index (χ4n) is 2.58. The number of carbonyl (C=O) groups excluding carboxylic acids is 1. The number of primary amides is 1. The number of benzene rings is 2. The number of fused-ring (bicyclic) bond motifs is 1. The van der Waals surface area contributed by atoms with Crippen molar-refractivity contribution in [3.05, 3.63) is 64.8 Å². The van der Waals surface area contributed by atoms with E-state index in [1.165, 1.54) is 4.90 Å². The van der Waals surface area contributed by atoms with Crippen molar-refractivity contribution in [1.29, 1.82) is 0 Å². The first kappa shape index (κ1) is 15.3. The standard InChI is InChI=1S/C18H16ClN3O/c1-11-7-8-13(10-15(11)19)22(18(20)23)17-9-12(2)21-16-6-4-3-5-14(16)17/h3-10H,1-2H3,(H2,20,23). The van der Waals surface area contributed by atoms with Gasteiger partial charge in [0.05, 0.1) is 16.9 Å². The van der Waals surface area contributed by atoms with Gasteiger partial charge >= 0.3 is 6.03 Å². The summed E-state index contributed by atoms with van der Waals surface area (Å²) in [7, 11) is 0. The van der Waals surface area contributed by atoms with Gasteiger partial charge in [-0.15, -0.1) is 0 Å². The van der Waals surface area contributed by atoms with Gasteiger partial charge in [-0.2, -0.15) is 0 Å². The quantitative estimate of drug-likeness (QED) is 0.741. The summed E-state index contributed by atoms with van der Waals surface area (Å²) in [6, 6.07) is 14.4. The van der Waals surface area contributed by atoms with Crippen molar-refractivity contribution >= 4 is 39.9 Å². The summed E-state index contributed by atoms with van der Waals surface area (Å²) in [5.41, 5.74) is 9.54. The molecule has 0 aliphatic carbocycles. The van der Waals surface area contributed by atoms with E-state index >= 15 is 0 Å². The van der Waals surface area contributed by atoms with Gasteiger partial charge in [0, 0.05) is 16.1 Å². The van der Waals surface area contributed by atoms with Gasteiger partial charge in [0.2, 0.25) is 0 Å². The first-order chi connectivity index (χ1) is 11.0. The largest absolute Gasteiger partial charge is 0.351 e. The predicted octanol–water partition coefficient (Wildman–Crippen LogP) is 4.72. The minimum absolute atomic E-state index is 0.569. The van der Waals surface area contributed by atoms with Crippen LogP contribution in [0, 0.1) is 13.8 Å². The second kappa shape index (κ2) is 5.89. The maximum absolute atomic E-state index is 12.1. The number of hydrogen-bond acceptors (Lipinski definition) is 2. The van der Waals surface area contributed by atoms with Crippen molar-refractivity contribution in [1.82, 2.24) is 4.98 Å². The molecule has 1 heterocycles. The zero-order chi connectivity index (χ0) is 16.6. The molecule has 0 aliphatic heterocycles. The van der Waals surface area contributed by atoms with Crippen molar-refractivity contribution < 1.29 is 4.79 Å². The van der Waals surface area contributed by atoms with Crippen LogP contribution in [-0.4, -0.2) is 11.0 Å². The van der Waals surface area contributed by atoms with Crippen molar-refractivity contribution in [3.63, 3.8) is 0 Å². The Hall–Kier alpha value is -2.59. The number of aryl methyl sites for hydroxylation is 2. The van der Waals surface area contributed by atoms with E-state index in [2.05, 4.69) is 4.98 Å². The summed E-state index contributed by atoms with van der Waals surface area (Å²) < 4.78 is 0. The monoisotopic (exact) mass is 325 g/mol. The normalized spacial score (nSPS) is 10.7. The molecule has 1 aromatic heterocycles. The van der Waals surface area contributed by atoms with E-state index in [0.29, 0.717) is 16.4 Å². The van der Waals surface area contributed by atoms with Crippen molar-refractivity contribution in [2.75, 3.05) is 4.90 Å². The van der Waals surface area contributed by atoms with Crippen LogP contribution in [0.25, 0.3) is 10.9 Å². The molecule has 0 aliphatic rings. The number of rotatable bonds is 2. The van der Waals surface area contributed by atoms with Gasteiger partial charge in [-0.3, -0.25) is 9.88 Å². The molecular weight excluding hydrogens is 310 g/mol. The minimum Gasteiger partial charge on any atom is -0.351 e. The van der Waals surface area contributed by atoms with Crippen LogP contribution in [0.15, 0.2) is 48.5 Å². The van der Waals surface area contributed by atoms with Gasteiger partial charge in [-0.05, 0) is 43.7 Å². The second-order valence-corrected chi connectivity index (χ2v) is 5.81. The number of halogens is 1. The van der Waals surface area contributed by atoms with Crippen LogP contribution >= 0.6 is 11.6 Å². The van der Waals surface area contributed by atoms with Gasteiger partial charge in [0.25, 0.3) is 0 Å². The number of anilines is 2. The van der Waals surface area contributed by atoms with Crippen LogP contribution in [0.1, 0.15) is 11.3 Å². The number of urea groups is 1. The lowest BCUT2D eigenvalue weighted by Crippen LogP contribution is -2.31. The van der Waals surface area contributed by atoms with E-state index in [9.17, 15) is 4.79 Å². The summed E-state index contributed by atoms with van der Waals surface area (Å²) in [6.07, 6.45) is 0. The fraction of sp³-hybridized carbons (Fsp3) is 0.111. The van der Waals surface area contributed by atoms with Crippen LogP contribution in [-0.2, 0) is 0 Å². The lowest BCUT2D eigenvalue weighted by molar-refractivity contribution is 0.256. The fourth-order valence-corrected chi connectivity index (χ4v) is 2.75. The molecule has 0 saturated heterocycles. The summed E-state index contributed by atoms with van der Waals surface area (Å²) >= 11 is 6.21. The molecule has 0 fully saturated rings. The average Bonchev–Trinajstić information content (AvgIpc) is 2.50. The molecular formula is C18H16ClN3O. The van der Waals surface area contributed by atoms with Crippen LogP contribution in [0.2, 0.25) is 5.02 Å². The minimum atomic E-state index is -0.569. The molecule has 3 rings (SSSR count). The third-order valence-corrected chi connectivity index (χ3v) is 4.10. The van der Waals surface area contributed by atoms with E-state index in [4.69, 9.17) is 17.3 Å². The molecule has 2 aromatic carbocycles. The Morgan fingerprint density at radius 1 is 1.13 bits per heavy atom. The lowest BCUT2D eigenvalue weighted by Gasteiger charge is -2.23. The highest BCUT2D eigenvalue weighted by Crippen LogP contribution is 2.34.